The van der Waals surface area contributed by atoms with E-state index in [4.69, 9.17) is 5.11 Å². The Balaban J connectivity index is 2.46. The topological polar surface area (TPSA) is 86.6 Å². The van der Waals surface area contributed by atoms with Gasteiger partial charge in [-0.25, -0.2) is 26.7 Å². The minimum Gasteiger partial charge on any atom is -0.477 e. The van der Waals surface area contributed by atoms with Crippen molar-refractivity contribution in [2.75, 3.05) is 6.61 Å². The van der Waals surface area contributed by atoms with Crippen LogP contribution in [0.15, 0.2) is 42.1 Å². The van der Waals surface area contributed by atoms with E-state index in [1.54, 1.807) is 30.3 Å². The molecule has 0 aliphatic carbocycles. The zero-order valence-electron chi connectivity index (χ0n) is 13.8. The quantitative estimate of drug-likeness (QED) is 0.126. The van der Waals surface area contributed by atoms with Crippen LogP contribution in [0.3, 0.4) is 0 Å². The number of carbonyl (C=O) groups excluding carboxylic acids is 1. The Morgan fingerprint density at radius 3 is 1.89 bits per heavy atom. The van der Waals surface area contributed by atoms with Crippen LogP contribution in [-0.2, 0) is 4.79 Å². The molecule has 0 aliphatic heterocycles. The Morgan fingerprint density at radius 1 is 0.929 bits per heavy atom. The first-order valence-corrected chi connectivity index (χ1v) is 7.62. The summed E-state index contributed by atoms with van der Waals surface area (Å²) >= 11 is 0. The molecule has 2 rings (SSSR count). The molecule has 5 nitrogen and oxygen atoms in total. The summed E-state index contributed by atoms with van der Waals surface area (Å²) in [4.78, 5) is 23.5. The Hall–Kier alpha value is -3.27. The number of carboxylic acids is 1. The molecule has 0 saturated carbocycles. The van der Waals surface area contributed by atoms with Gasteiger partial charge in [-0.15, -0.1) is 0 Å². The number of aliphatic hydroxyl groups is 1. The minimum atomic E-state index is -2.48. The van der Waals surface area contributed by atoms with E-state index in [2.05, 4.69) is 5.32 Å². The lowest BCUT2D eigenvalue weighted by Gasteiger charge is -2.16. The number of hydrogen-bond donors (Lipinski definition) is 3. The van der Waals surface area contributed by atoms with Crippen LogP contribution in [0.1, 0.15) is 22.0 Å². The van der Waals surface area contributed by atoms with Gasteiger partial charge in [0, 0.05) is 6.20 Å². The second-order valence-corrected chi connectivity index (χ2v) is 5.45. The summed E-state index contributed by atoms with van der Waals surface area (Å²) in [5.74, 6) is -16.0. The number of halogens is 5. The molecule has 0 aliphatic rings. The first-order chi connectivity index (χ1) is 13.2. The van der Waals surface area contributed by atoms with Gasteiger partial charge in [0.1, 0.15) is 11.1 Å². The van der Waals surface area contributed by atoms with Gasteiger partial charge in [0.15, 0.2) is 23.3 Å². The second kappa shape index (κ2) is 8.61. The molecule has 0 saturated heterocycles. The molecule has 2 aromatic rings. The van der Waals surface area contributed by atoms with E-state index in [0.29, 0.717) is 11.8 Å². The fourth-order valence-electron chi connectivity index (χ4n) is 2.29. The van der Waals surface area contributed by atoms with Crippen molar-refractivity contribution in [2.45, 2.75) is 6.04 Å². The van der Waals surface area contributed by atoms with Crippen LogP contribution < -0.4 is 5.32 Å². The third kappa shape index (κ3) is 4.01. The van der Waals surface area contributed by atoms with E-state index in [-0.39, 0.29) is 0 Å². The third-order valence-electron chi connectivity index (χ3n) is 3.73. The van der Waals surface area contributed by atoms with Gasteiger partial charge in [0.05, 0.1) is 12.6 Å². The molecule has 0 spiro atoms. The number of aliphatic carboxylic acids is 1. The van der Waals surface area contributed by atoms with Crippen molar-refractivity contribution in [1.82, 2.24) is 5.32 Å². The molecule has 2 aromatic carbocycles. The molecular formula is C18H12F5NO4. The van der Waals surface area contributed by atoms with Crippen LogP contribution in [0, 0.1) is 29.1 Å². The summed E-state index contributed by atoms with van der Waals surface area (Å²) in [5.41, 5.74) is -2.71. The standard InChI is InChI=1S/C18H12F5NO4/c19-12-11(13(20)15(22)16(23)14(12)21)17(26)9(18(27)28)6-24-10(7-25)8-4-2-1-3-5-8/h1-6,10,24-25H,7H2,(H,27,28)/b9-6-/t10-/m0/s1. The molecule has 0 bridgehead atoms. The molecule has 0 heterocycles. The number of Topliss-reactive ketones (excluding diaryl/α,β-unsaturated/α-hetero) is 1. The Kier molecular flexibility index (Phi) is 6.47. The van der Waals surface area contributed by atoms with Crippen LogP contribution in [0.25, 0.3) is 0 Å². The van der Waals surface area contributed by atoms with Gasteiger partial charge in [-0.05, 0) is 5.56 Å². The number of hydrogen-bond acceptors (Lipinski definition) is 4. The summed E-state index contributed by atoms with van der Waals surface area (Å²) in [6.07, 6.45) is 0.524. The third-order valence-corrected chi connectivity index (χ3v) is 3.73. The zero-order valence-corrected chi connectivity index (χ0v) is 13.8. The van der Waals surface area contributed by atoms with Crippen molar-refractivity contribution < 1.29 is 41.8 Å². The van der Waals surface area contributed by atoms with Crippen LogP contribution in [0.5, 0.6) is 0 Å². The van der Waals surface area contributed by atoms with Crippen LogP contribution in [0.4, 0.5) is 22.0 Å². The molecule has 0 radical (unpaired) electrons. The minimum absolute atomic E-state index is 0.481. The van der Waals surface area contributed by atoms with Crippen molar-refractivity contribution in [3.05, 3.63) is 82.3 Å². The summed E-state index contributed by atoms with van der Waals surface area (Å²) < 4.78 is 67.2. The number of rotatable bonds is 7. The van der Waals surface area contributed by atoms with Gasteiger partial charge in [-0.2, -0.15) is 0 Å². The number of carbonyl (C=O) groups is 2. The molecule has 0 aromatic heterocycles. The van der Waals surface area contributed by atoms with Crippen molar-refractivity contribution in [3.63, 3.8) is 0 Å². The first-order valence-electron chi connectivity index (χ1n) is 7.62. The average molecular weight is 401 g/mol. The van der Waals surface area contributed by atoms with Crippen LogP contribution >= 0.6 is 0 Å². The molecule has 1 atom stereocenters. The molecule has 0 unspecified atom stereocenters. The van der Waals surface area contributed by atoms with Gasteiger partial charge < -0.3 is 15.5 Å². The monoisotopic (exact) mass is 401 g/mol. The lowest BCUT2D eigenvalue weighted by molar-refractivity contribution is -0.132. The highest BCUT2D eigenvalue weighted by Gasteiger charge is 2.33. The number of benzene rings is 2. The van der Waals surface area contributed by atoms with Crippen molar-refractivity contribution in [2.24, 2.45) is 0 Å². The molecule has 0 fully saturated rings. The fourth-order valence-corrected chi connectivity index (χ4v) is 2.29. The van der Waals surface area contributed by atoms with E-state index in [0.717, 1.165) is 0 Å². The van der Waals surface area contributed by atoms with E-state index in [9.17, 15) is 36.6 Å². The highest BCUT2D eigenvalue weighted by molar-refractivity contribution is 6.23. The lowest BCUT2D eigenvalue weighted by atomic mass is 10.0. The maximum Gasteiger partial charge on any atom is 0.341 e. The van der Waals surface area contributed by atoms with Gasteiger partial charge in [-0.3, -0.25) is 4.79 Å². The lowest BCUT2D eigenvalue weighted by Crippen LogP contribution is -2.24. The smallest absolute Gasteiger partial charge is 0.341 e. The number of ketones is 1. The highest BCUT2D eigenvalue weighted by Crippen LogP contribution is 2.25. The maximum absolute atomic E-state index is 13.8. The normalized spacial score (nSPS) is 12.6. The number of carboxylic acid groups (broad SMARTS) is 1. The van der Waals surface area contributed by atoms with Gasteiger partial charge in [0.2, 0.25) is 11.6 Å². The molecule has 28 heavy (non-hydrogen) atoms. The summed E-state index contributed by atoms with van der Waals surface area (Å²) in [6.45, 7) is -0.551. The van der Waals surface area contributed by atoms with Crippen LogP contribution in [-0.4, -0.2) is 28.6 Å². The van der Waals surface area contributed by atoms with Crippen LogP contribution in [0.2, 0.25) is 0 Å². The fraction of sp³-hybridized carbons (Fsp3) is 0.111. The average Bonchev–Trinajstić information content (AvgIpc) is 2.68. The summed E-state index contributed by atoms with van der Waals surface area (Å²) in [6, 6.07) is 7.12. The maximum atomic E-state index is 13.8. The van der Waals surface area contributed by atoms with Crippen molar-refractivity contribution >= 4 is 11.8 Å². The molecule has 148 valence electrons. The van der Waals surface area contributed by atoms with E-state index >= 15 is 0 Å². The summed E-state index contributed by atoms with van der Waals surface area (Å²) in [7, 11) is 0. The first kappa shape index (κ1) is 21.0. The van der Waals surface area contributed by atoms with Crippen molar-refractivity contribution in [3.8, 4) is 0 Å². The van der Waals surface area contributed by atoms with Gasteiger partial charge in [0.25, 0.3) is 0 Å². The Morgan fingerprint density at radius 2 is 1.43 bits per heavy atom. The van der Waals surface area contributed by atoms with E-state index in [1.807, 2.05) is 0 Å². The van der Waals surface area contributed by atoms with Gasteiger partial charge in [-0.1, -0.05) is 30.3 Å². The Labute approximate surface area is 154 Å². The Bertz CT molecular complexity index is 918. The predicted octanol–water partition coefficient (Wildman–Crippen LogP) is 2.86. The number of aliphatic hydroxyl groups excluding tert-OH is 1. The SMILES string of the molecule is O=C(O)/C(=C\N[C@@H](CO)c1ccccc1)C(=O)c1c(F)c(F)c(F)c(F)c1F. The van der Waals surface area contributed by atoms with E-state index in [1.165, 1.54) is 0 Å². The largest absolute Gasteiger partial charge is 0.477 e. The predicted molar refractivity (Wildman–Crippen MR) is 85.7 cm³/mol. The number of nitrogens with one attached hydrogen (secondary N) is 1. The molecule has 10 heteroatoms. The van der Waals surface area contributed by atoms with Gasteiger partial charge >= 0.3 is 5.97 Å². The second-order valence-electron chi connectivity index (χ2n) is 5.45. The molecular weight excluding hydrogens is 389 g/mol. The van der Waals surface area contributed by atoms with E-state index < -0.39 is 64.6 Å². The molecule has 0 amide bonds. The molecule has 3 N–H and O–H groups in total. The van der Waals surface area contributed by atoms with Crippen molar-refractivity contribution in [1.29, 1.82) is 0 Å². The zero-order chi connectivity index (χ0) is 21.0. The summed E-state index contributed by atoms with van der Waals surface area (Å²) in [5, 5.41) is 20.9. The highest BCUT2D eigenvalue weighted by atomic mass is 19.2.